The smallest absolute Gasteiger partial charge is 0.241 e. The molecule has 2 aromatic rings. The monoisotopic (exact) mass is 410 g/mol. The van der Waals surface area contributed by atoms with Gasteiger partial charge in [-0.15, -0.1) is 0 Å². The van der Waals surface area contributed by atoms with Gasteiger partial charge in [-0.05, 0) is 37.1 Å². The molecule has 2 aliphatic rings. The molecule has 160 valence electrons. The molecule has 1 saturated heterocycles. The summed E-state index contributed by atoms with van der Waals surface area (Å²) in [5, 5.41) is 3.42. The van der Waals surface area contributed by atoms with E-state index in [1.807, 2.05) is 36.2 Å². The maximum atomic E-state index is 14.3. The van der Waals surface area contributed by atoms with Crippen LogP contribution >= 0.6 is 0 Å². The number of pyridine rings is 1. The molecule has 3 heterocycles. The Morgan fingerprint density at radius 2 is 2.13 bits per heavy atom. The van der Waals surface area contributed by atoms with Gasteiger partial charge < -0.3 is 10.2 Å². The SMILES string of the molecule is Cc1ccc(Cc2cc3c(cn2)C(C)(C)CN3C(=O)CN2CCNC(C)C2)c(F)c1. The Hall–Kier alpha value is -2.31. The predicted molar refractivity (Wildman–Crippen MR) is 117 cm³/mol. The summed E-state index contributed by atoms with van der Waals surface area (Å²) in [6.07, 6.45) is 2.29. The minimum Gasteiger partial charge on any atom is -0.312 e. The molecule has 1 aromatic heterocycles. The lowest BCUT2D eigenvalue weighted by Crippen LogP contribution is -2.52. The molecule has 2 aliphatic heterocycles. The van der Waals surface area contributed by atoms with Crippen LogP contribution in [-0.4, -0.2) is 54.6 Å². The van der Waals surface area contributed by atoms with Crippen molar-refractivity contribution in [1.29, 1.82) is 0 Å². The number of hydrogen-bond donors (Lipinski definition) is 1. The van der Waals surface area contributed by atoms with Gasteiger partial charge in [0.2, 0.25) is 5.91 Å². The predicted octanol–water partition coefficient (Wildman–Crippen LogP) is 3.04. The molecule has 5 nitrogen and oxygen atoms in total. The van der Waals surface area contributed by atoms with Gasteiger partial charge in [-0.1, -0.05) is 26.0 Å². The number of nitrogens with one attached hydrogen (secondary N) is 1. The van der Waals surface area contributed by atoms with Gasteiger partial charge in [0.15, 0.2) is 0 Å². The highest BCUT2D eigenvalue weighted by Crippen LogP contribution is 2.40. The second-order valence-electron chi connectivity index (χ2n) is 9.42. The van der Waals surface area contributed by atoms with E-state index >= 15 is 0 Å². The highest BCUT2D eigenvalue weighted by atomic mass is 19.1. The molecule has 1 aromatic carbocycles. The Kier molecular flexibility index (Phi) is 5.64. The summed E-state index contributed by atoms with van der Waals surface area (Å²) in [6, 6.07) is 7.66. The standard InChI is InChI=1S/C24H31FN4O/c1-16-5-6-18(21(25)9-16)10-19-11-22-20(12-27-19)24(3,4)15-29(22)23(30)14-28-8-7-26-17(2)13-28/h5-6,9,11-12,17,26H,7-8,10,13-15H2,1-4H3. The lowest BCUT2D eigenvalue weighted by molar-refractivity contribution is -0.120. The number of carbonyl (C=O) groups excluding carboxylic acids is 1. The zero-order valence-electron chi connectivity index (χ0n) is 18.3. The Labute approximate surface area is 178 Å². The highest BCUT2D eigenvalue weighted by Gasteiger charge is 2.39. The maximum absolute atomic E-state index is 14.3. The van der Waals surface area contributed by atoms with Crippen molar-refractivity contribution in [2.75, 3.05) is 37.6 Å². The number of hydrogen-bond acceptors (Lipinski definition) is 4. The van der Waals surface area contributed by atoms with E-state index in [2.05, 4.69) is 36.0 Å². The lowest BCUT2D eigenvalue weighted by Gasteiger charge is -2.32. The number of rotatable bonds is 4. The summed E-state index contributed by atoms with van der Waals surface area (Å²) in [4.78, 5) is 21.9. The van der Waals surface area contributed by atoms with Gasteiger partial charge in [-0.25, -0.2) is 4.39 Å². The molecule has 0 bridgehead atoms. The van der Waals surface area contributed by atoms with Crippen molar-refractivity contribution >= 4 is 11.6 Å². The summed E-state index contributed by atoms with van der Waals surface area (Å²) in [7, 11) is 0. The van der Waals surface area contributed by atoms with Crippen LogP contribution in [-0.2, 0) is 16.6 Å². The van der Waals surface area contributed by atoms with Gasteiger partial charge in [-0.3, -0.25) is 14.7 Å². The average molecular weight is 411 g/mol. The van der Waals surface area contributed by atoms with Crippen molar-refractivity contribution in [3.63, 3.8) is 0 Å². The van der Waals surface area contributed by atoms with E-state index < -0.39 is 0 Å². The number of piperazine rings is 1. The third kappa shape index (κ3) is 4.25. The van der Waals surface area contributed by atoms with E-state index in [9.17, 15) is 9.18 Å². The molecule has 6 heteroatoms. The number of anilines is 1. The van der Waals surface area contributed by atoms with Crippen LogP contribution in [0.25, 0.3) is 0 Å². The molecule has 4 rings (SSSR count). The minimum absolute atomic E-state index is 0.120. The van der Waals surface area contributed by atoms with Crippen molar-refractivity contribution in [2.45, 2.75) is 45.6 Å². The number of nitrogens with zero attached hydrogens (tertiary/aromatic N) is 3. The molecule has 0 aliphatic carbocycles. The van der Waals surface area contributed by atoms with Gasteiger partial charge in [0.05, 0.1) is 12.2 Å². The number of carbonyl (C=O) groups is 1. The third-order valence-electron chi connectivity index (χ3n) is 6.21. The zero-order chi connectivity index (χ0) is 21.5. The normalized spacial score (nSPS) is 21.0. The van der Waals surface area contributed by atoms with Crippen LogP contribution in [0.4, 0.5) is 10.1 Å². The highest BCUT2D eigenvalue weighted by molar-refractivity contribution is 5.97. The molecule has 30 heavy (non-hydrogen) atoms. The first-order valence-corrected chi connectivity index (χ1v) is 10.7. The van der Waals surface area contributed by atoms with E-state index in [1.54, 1.807) is 6.07 Å². The molecule has 1 atom stereocenters. The van der Waals surface area contributed by atoms with Crippen molar-refractivity contribution in [2.24, 2.45) is 0 Å². The molecular weight excluding hydrogens is 379 g/mol. The molecule has 1 N–H and O–H groups in total. The van der Waals surface area contributed by atoms with E-state index in [1.165, 1.54) is 0 Å². The average Bonchev–Trinajstić information content (AvgIpc) is 2.95. The van der Waals surface area contributed by atoms with Crippen LogP contribution in [0.1, 0.15) is 43.2 Å². The Morgan fingerprint density at radius 3 is 2.87 bits per heavy atom. The maximum Gasteiger partial charge on any atom is 0.241 e. The number of fused-ring (bicyclic) bond motifs is 1. The summed E-state index contributed by atoms with van der Waals surface area (Å²) in [5.41, 5.74) is 4.16. The fraction of sp³-hybridized carbons (Fsp3) is 0.500. The zero-order valence-corrected chi connectivity index (χ0v) is 18.3. The second kappa shape index (κ2) is 8.08. The van der Waals surface area contributed by atoms with Crippen LogP contribution in [0.3, 0.4) is 0 Å². The number of benzene rings is 1. The number of aromatic nitrogens is 1. The fourth-order valence-corrected chi connectivity index (χ4v) is 4.54. The lowest BCUT2D eigenvalue weighted by atomic mass is 9.88. The molecule has 0 radical (unpaired) electrons. The minimum atomic E-state index is -0.210. The van der Waals surface area contributed by atoms with Crippen LogP contribution in [0.2, 0.25) is 0 Å². The summed E-state index contributed by atoms with van der Waals surface area (Å²) in [6.45, 7) is 12.1. The number of amides is 1. The van der Waals surface area contributed by atoms with Crippen molar-refractivity contribution in [3.8, 4) is 0 Å². The molecule has 1 amide bonds. The van der Waals surface area contributed by atoms with E-state index in [0.29, 0.717) is 31.1 Å². The fourth-order valence-electron chi connectivity index (χ4n) is 4.54. The van der Waals surface area contributed by atoms with Crippen molar-refractivity contribution in [1.82, 2.24) is 15.2 Å². The first-order valence-electron chi connectivity index (χ1n) is 10.7. The molecule has 1 fully saturated rings. The number of halogens is 1. The molecule has 1 unspecified atom stereocenters. The van der Waals surface area contributed by atoms with Crippen LogP contribution in [0.5, 0.6) is 0 Å². The first kappa shape index (κ1) is 20.9. The number of aryl methyl sites for hydroxylation is 1. The van der Waals surface area contributed by atoms with Crippen molar-refractivity contribution in [3.05, 3.63) is 58.7 Å². The van der Waals surface area contributed by atoms with Crippen LogP contribution in [0.15, 0.2) is 30.5 Å². The Balaban J connectivity index is 1.57. The Morgan fingerprint density at radius 1 is 1.33 bits per heavy atom. The van der Waals surface area contributed by atoms with E-state index in [0.717, 1.165) is 42.1 Å². The first-order chi connectivity index (χ1) is 14.2. The van der Waals surface area contributed by atoms with Gasteiger partial charge in [-0.2, -0.15) is 0 Å². The van der Waals surface area contributed by atoms with Crippen molar-refractivity contribution < 1.29 is 9.18 Å². The van der Waals surface area contributed by atoms with E-state index in [4.69, 9.17) is 0 Å². The summed E-state index contributed by atoms with van der Waals surface area (Å²) < 4.78 is 14.3. The topological polar surface area (TPSA) is 48.5 Å². The third-order valence-corrected chi connectivity index (χ3v) is 6.21. The second-order valence-corrected chi connectivity index (χ2v) is 9.42. The van der Waals surface area contributed by atoms with Gasteiger partial charge in [0, 0.05) is 61.5 Å². The Bertz CT molecular complexity index is 958. The summed E-state index contributed by atoms with van der Waals surface area (Å²) >= 11 is 0. The van der Waals surface area contributed by atoms with Crippen LogP contribution in [0, 0.1) is 12.7 Å². The van der Waals surface area contributed by atoms with Gasteiger partial charge in [0.25, 0.3) is 0 Å². The van der Waals surface area contributed by atoms with Gasteiger partial charge >= 0.3 is 0 Å². The largest absolute Gasteiger partial charge is 0.312 e. The van der Waals surface area contributed by atoms with E-state index in [-0.39, 0.29) is 17.1 Å². The quantitative estimate of drug-likeness (QED) is 0.842. The van der Waals surface area contributed by atoms with Gasteiger partial charge in [0.1, 0.15) is 5.82 Å². The summed E-state index contributed by atoms with van der Waals surface area (Å²) in [5.74, 6) is -0.0898. The molecule has 0 spiro atoms. The van der Waals surface area contributed by atoms with Crippen LogP contribution < -0.4 is 10.2 Å². The molecule has 0 saturated carbocycles. The molecular formula is C24H31FN4O.